The number of hydrogen-bond acceptors (Lipinski definition) is 6. The van der Waals surface area contributed by atoms with Crippen LogP contribution < -0.4 is 5.63 Å². The van der Waals surface area contributed by atoms with Gasteiger partial charge in [0.15, 0.2) is 0 Å². The summed E-state index contributed by atoms with van der Waals surface area (Å²) in [5.41, 5.74) is 1.16. The molecule has 0 unspecified atom stereocenters. The Labute approximate surface area is 146 Å². The summed E-state index contributed by atoms with van der Waals surface area (Å²) >= 11 is 7.57. The quantitative estimate of drug-likeness (QED) is 0.609. The maximum Gasteiger partial charge on any atom is 0.336 e. The third kappa shape index (κ3) is 3.57. The van der Waals surface area contributed by atoms with E-state index in [9.17, 15) is 14.4 Å². The van der Waals surface area contributed by atoms with Crippen molar-refractivity contribution in [3.63, 3.8) is 0 Å². The largest absolute Gasteiger partial charge is 0.459 e. The number of ether oxygens (including phenoxy) is 1. The number of nitrogens with zero attached hydrogens (tertiary/aromatic N) is 1. The van der Waals surface area contributed by atoms with Gasteiger partial charge in [-0.2, -0.15) is 0 Å². The molecule has 1 aromatic carbocycles. The lowest BCUT2D eigenvalue weighted by Crippen LogP contribution is -2.32. The molecule has 0 N–H and O–H groups in total. The van der Waals surface area contributed by atoms with Crippen LogP contribution in [0.15, 0.2) is 27.4 Å². The fourth-order valence-electron chi connectivity index (χ4n) is 2.37. The van der Waals surface area contributed by atoms with Crippen molar-refractivity contribution in [2.45, 2.75) is 13.5 Å². The Morgan fingerprint density at radius 1 is 1.38 bits per heavy atom. The standard InChI is InChI=1S/C16H14ClNO5S/c1-9-2-13-11(4-12(9)17)10(3-15(20)23-13)6-22-16(21)5-18-8-24-7-14(18)19/h2-4H,5-8H2,1H3. The topological polar surface area (TPSA) is 76.8 Å². The summed E-state index contributed by atoms with van der Waals surface area (Å²) in [5, 5.41) is 1.15. The van der Waals surface area contributed by atoms with Crippen LogP contribution in [0.25, 0.3) is 11.0 Å². The fourth-order valence-corrected chi connectivity index (χ4v) is 3.44. The molecule has 8 heteroatoms. The van der Waals surface area contributed by atoms with Crippen LogP contribution in [0.3, 0.4) is 0 Å². The van der Waals surface area contributed by atoms with Crippen LogP contribution in [0.2, 0.25) is 5.02 Å². The highest BCUT2D eigenvalue weighted by atomic mass is 35.5. The van der Waals surface area contributed by atoms with E-state index in [1.807, 2.05) is 0 Å². The molecule has 1 aromatic heterocycles. The first-order valence-corrected chi connectivity index (χ1v) is 8.71. The average molecular weight is 368 g/mol. The molecule has 0 atom stereocenters. The zero-order valence-electron chi connectivity index (χ0n) is 12.8. The van der Waals surface area contributed by atoms with Gasteiger partial charge in [0.05, 0.1) is 11.6 Å². The fraction of sp³-hybridized carbons (Fsp3) is 0.312. The van der Waals surface area contributed by atoms with Crippen LogP contribution in [-0.4, -0.2) is 35.0 Å². The summed E-state index contributed by atoms with van der Waals surface area (Å²) in [4.78, 5) is 36.5. The Bertz CT molecular complexity index is 879. The van der Waals surface area contributed by atoms with E-state index in [2.05, 4.69) is 0 Å². The first-order chi connectivity index (χ1) is 11.4. The van der Waals surface area contributed by atoms with Crippen LogP contribution in [0.1, 0.15) is 11.1 Å². The van der Waals surface area contributed by atoms with Crippen molar-refractivity contribution in [3.8, 4) is 0 Å². The number of hydrogen-bond donors (Lipinski definition) is 0. The normalized spacial score (nSPS) is 14.4. The lowest BCUT2D eigenvalue weighted by molar-refractivity contribution is -0.148. The van der Waals surface area contributed by atoms with Gasteiger partial charge in [0, 0.05) is 22.0 Å². The van der Waals surface area contributed by atoms with Gasteiger partial charge in [-0.05, 0) is 24.6 Å². The zero-order chi connectivity index (χ0) is 17.3. The van der Waals surface area contributed by atoms with E-state index < -0.39 is 11.6 Å². The lowest BCUT2D eigenvalue weighted by Gasteiger charge is -2.14. The predicted molar refractivity (Wildman–Crippen MR) is 91.1 cm³/mol. The molecule has 1 aliphatic heterocycles. The SMILES string of the molecule is Cc1cc2oc(=O)cc(COC(=O)CN3CSCC3=O)c2cc1Cl. The summed E-state index contributed by atoms with van der Waals surface area (Å²) in [5.74, 6) is 0.270. The third-order valence-electron chi connectivity index (χ3n) is 3.64. The summed E-state index contributed by atoms with van der Waals surface area (Å²) in [6.45, 7) is 1.63. The van der Waals surface area contributed by atoms with Crippen LogP contribution in [-0.2, 0) is 20.9 Å². The minimum Gasteiger partial charge on any atom is -0.459 e. The summed E-state index contributed by atoms with van der Waals surface area (Å²) in [6, 6.07) is 4.63. The van der Waals surface area contributed by atoms with E-state index in [-0.39, 0.29) is 19.1 Å². The van der Waals surface area contributed by atoms with Crippen molar-refractivity contribution >= 4 is 46.2 Å². The minimum atomic E-state index is -0.526. The molecule has 1 aliphatic rings. The monoisotopic (exact) mass is 367 g/mol. The molecular weight excluding hydrogens is 354 g/mol. The van der Waals surface area contributed by atoms with E-state index in [1.54, 1.807) is 19.1 Å². The van der Waals surface area contributed by atoms with Gasteiger partial charge >= 0.3 is 11.6 Å². The maximum atomic E-state index is 11.9. The van der Waals surface area contributed by atoms with E-state index in [1.165, 1.54) is 22.7 Å². The molecule has 2 aromatic rings. The van der Waals surface area contributed by atoms with Gasteiger partial charge in [-0.15, -0.1) is 11.8 Å². The highest BCUT2D eigenvalue weighted by Crippen LogP contribution is 2.25. The van der Waals surface area contributed by atoms with E-state index in [4.69, 9.17) is 20.8 Å². The van der Waals surface area contributed by atoms with E-state index in [0.717, 1.165) is 5.56 Å². The Kier molecular flexibility index (Phi) is 4.82. The molecular formula is C16H14ClNO5S. The zero-order valence-corrected chi connectivity index (χ0v) is 14.4. The van der Waals surface area contributed by atoms with Crippen molar-refractivity contribution in [1.82, 2.24) is 4.90 Å². The second kappa shape index (κ2) is 6.86. The van der Waals surface area contributed by atoms with Gasteiger partial charge in [0.25, 0.3) is 0 Å². The van der Waals surface area contributed by atoms with E-state index in [0.29, 0.717) is 33.2 Å². The third-order valence-corrected chi connectivity index (χ3v) is 5.00. The van der Waals surface area contributed by atoms with Crippen LogP contribution in [0.4, 0.5) is 0 Å². The van der Waals surface area contributed by atoms with Gasteiger partial charge < -0.3 is 14.1 Å². The molecule has 0 bridgehead atoms. The summed E-state index contributed by atoms with van der Waals surface area (Å²) < 4.78 is 10.4. The molecule has 1 fully saturated rings. The summed E-state index contributed by atoms with van der Waals surface area (Å²) in [6.07, 6.45) is 0. The van der Waals surface area contributed by atoms with Crippen LogP contribution in [0, 0.1) is 6.92 Å². The Balaban J connectivity index is 1.77. The number of carbonyl (C=O) groups is 2. The molecule has 2 heterocycles. The number of thioether (sulfide) groups is 1. The molecule has 24 heavy (non-hydrogen) atoms. The molecule has 0 spiro atoms. The van der Waals surface area contributed by atoms with Crippen molar-refractivity contribution in [1.29, 1.82) is 0 Å². The first kappa shape index (κ1) is 16.9. The van der Waals surface area contributed by atoms with Crippen LogP contribution >= 0.6 is 23.4 Å². The van der Waals surface area contributed by atoms with Crippen molar-refractivity contribution in [2.75, 3.05) is 18.2 Å². The minimum absolute atomic E-state index is 0.0787. The van der Waals surface area contributed by atoms with E-state index >= 15 is 0 Å². The first-order valence-electron chi connectivity index (χ1n) is 7.18. The van der Waals surface area contributed by atoms with Gasteiger partial charge in [0.1, 0.15) is 18.7 Å². The second-order valence-electron chi connectivity index (χ2n) is 5.42. The number of amides is 1. The molecule has 0 aliphatic carbocycles. The number of esters is 1. The molecule has 0 saturated carbocycles. The van der Waals surface area contributed by atoms with Crippen LogP contribution in [0.5, 0.6) is 0 Å². The second-order valence-corrected chi connectivity index (χ2v) is 6.78. The molecule has 126 valence electrons. The number of fused-ring (bicyclic) bond motifs is 1. The van der Waals surface area contributed by atoms with Crippen molar-refractivity contribution < 1.29 is 18.7 Å². The highest BCUT2D eigenvalue weighted by molar-refractivity contribution is 8.00. The number of carbonyl (C=O) groups excluding carboxylic acids is 2. The highest BCUT2D eigenvalue weighted by Gasteiger charge is 2.23. The van der Waals surface area contributed by atoms with Crippen molar-refractivity contribution in [3.05, 3.63) is 44.8 Å². The number of rotatable bonds is 4. The predicted octanol–water partition coefficient (Wildman–Crippen LogP) is 2.33. The molecule has 3 rings (SSSR count). The molecule has 0 radical (unpaired) electrons. The Hall–Kier alpha value is -1.99. The average Bonchev–Trinajstić information content (AvgIpc) is 2.92. The molecule has 1 amide bonds. The number of benzene rings is 1. The summed E-state index contributed by atoms with van der Waals surface area (Å²) in [7, 11) is 0. The van der Waals surface area contributed by atoms with Gasteiger partial charge in [-0.1, -0.05) is 11.6 Å². The van der Waals surface area contributed by atoms with Crippen molar-refractivity contribution in [2.24, 2.45) is 0 Å². The number of aryl methyl sites for hydroxylation is 1. The number of halogens is 1. The van der Waals surface area contributed by atoms with Gasteiger partial charge in [-0.25, -0.2) is 4.79 Å². The Morgan fingerprint density at radius 2 is 2.17 bits per heavy atom. The molecule has 6 nitrogen and oxygen atoms in total. The maximum absolute atomic E-state index is 11.9. The molecule has 1 saturated heterocycles. The van der Waals surface area contributed by atoms with Gasteiger partial charge in [0.2, 0.25) is 5.91 Å². The van der Waals surface area contributed by atoms with Gasteiger partial charge in [-0.3, -0.25) is 9.59 Å². The Morgan fingerprint density at radius 3 is 2.88 bits per heavy atom. The lowest BCUT2D eigenvalue weighted by atomic mass is 10.1. The smallest absolute Gasteiger partial charge is 0.336 e.